The van der Waals surface area contributed by atoms with Crippen LogP contribution in [0.5, 0.6) is 0 Å². The van der Waals surface area contributed by atoms with Crippen molar-refractivity contribution in [2.75, 3.05) is 11.9 Å². The van der Waals surface area contributed by atoms with E-state index in [4.69, 9.17) is 0 Å². The Labute approximate surface area is 99.2 Å². The minimum Gasteiger partial charge on any atom is -0.325 e. The van der Waals surface area contributed by atoms with E-state index in [0.29, 0.717) is 0 Å². The van der Waals surface area contributed by atoms with Crippen LogP contribution in [-0.4, -0.2) is 18.0 Å². The zero-order valence-electron chi connectivity index (χ0n) is 10.1. The predicted molar refractivity (Wildman–Crippen MR) is 62.7 cm³/mol. The molecule has 0 unspecified atom stereocenters. The van der Waals surface area contributed by atoms with E-state index in [9.17, 15) is 13.6 Å². The molecule has 0 radical (unpaired) electrons. The summed E-state index contributed by atoms with van der Waals surface area (Å²) in [4.78, 5) is 11.5. The predicted octanol–water partition coefficient (Wildman–Crippen LogP) is 2.29. The number of carbonyl (C=O) groups is 1. The highest BCUT2D eigenvalue weighted by Gasteiger charge is 2.11. The van der Waals surface area contributed by atoms with Gasteiger partial charge >= 0.3 is 0 Å². The number of hydrogen-bond acceptors (Lipinski definition) is 2. The first-order valence-electron chi connectivity index (χ1n) is 5.28. The molecule has 0 saturated carbocycles. The molecule has 3 nitrogen and oxygen atoms in total. The molecule has 0 aromatic heterocycles. The molecule has 0 atom stereocenters. The van der Waals surface area contributed by atoms with Gasteiger partial charge in [-0.2, -0.15) is 0 Å². The van der Waals surface area contributed by atoms with Crippen LogP contribution < -0.4 is 10.6 Å². The largest absolute Gasteiger partial charge is 0.325 e. The number of anilines is 1. The molecule has 1 rings (SSSR count). The number of hydrogen-bond donors (Lipinski definition) is 2. The van der Waals surface area contributed by atoms with Crippen molar-refractivity contribution in [2.45, 2.75) is 26.3 Å². The van der Waals surface area contributed by atoms with Crippen molar-refractivity contribution in [1.29, 1.82) is 0 Å². The third-order valence-electron chi connectivity index (χ3n) is 1.98. The maximum absolute atomic E-state index is 12.9. The van der Waals surface area contributed by atoms with Gasteiger partial charge in [-0.25, -0.2) is 8.78 Å². The fourth-order valence-corrected chi connectivity index (χ4v) is 1.12. The third kappa shape index (κ3) is 4.91. The van der Waals surface area contributed by atoms with Crippen molar-refractivity contribution in [2.24, 2.45) is 0 Å². The van der Waals surface area contributed by atoms with Gasteiger partial charge in [0.15, 0.2) is 11.6 Å². The molecule has 0 aliphatic rings. The minimum absolute atomic E-state index is 0.114. The number of rotatable bonds is 3. The SMILES string of the molecule is CC(C)(C)NCC(=O)Nc1ccc(F)c(F)c1. The molecule has 2 N–H and O–H groups in total. The molecule has 0 fully saturated rings. The van der Waals surface area contributed by atoms with Gasteiger partial charge in [-0.3, -0.25) is 4.79 Å². The molecule has 0 bridgehead atoms. The van der Waals surface area contributed by atoms with Crippen LogP contribution in [0, 0.1) is 11.6 Å². The molecule has 1 aromatic carbocycles. The van der Waals surface area contributed by atoms with E-state index >= 15 is 0 Å². The van der Waals surface area contributed by atoms with Crippen LogP contribution >= 0.6 is 0 Å². The first-order valence-corrected chi connectivity index (χ1v) is 5.28. The lowest BCUT2D eigenvalue weighted by Crippen LogP contribution is -2.41. The second kappa shape index (κ2) is 5.23. The van der Waals surface area contributed by atoms with Crippen LogP contribution in [0.25, 0.3) is 0 Å². The lowest BCUT2D eigenvalue weighted by atomic mass is 10.1. The molecule has 0 saturated heterocycles. The highest BCUT2D eigenvalue weighted by molar-refractivity contribution is 5.92. The van der Waals surface area contributed by atoms with E-state index in [1.165, 1.54) is 6.07 Å². The summed E-state index contributed by atoms with van der Waals surface area (Å²) in [6.07, 6.45) is 0. The third-order valence-corrected chi connectivity index (χ3v) is 1.98. The second-order valence-corrected chi connectivity index (χ2v) is 4.78. The summed E-state index contributed by atoms with van der Waals surface area (Å²) in [6, 6.07) is 3.24. The highest BCUT2D eigenvalue weighted by atomic mass is 19.2. The number of carbonyl (C=O) groups excluding carboxylic acids is 1. The van der Waals surface area contributed by atoms with E-state index in [0.717, 1.165) is 12.1 Å². The minimum atomic E-state index is -0.980. The molecule has 0 spiro atoms. The summed E-state index contributed by atoms with van der Waals surface area (Å²) in [6.45, 7) is 5.90. The second-order valence-electron chi connectivity index (χ2n) is 4.78. The fourth-order valence-electron chi connectivity index (χ4n) is 1.12. The first kappa shape index (κ1) is 13.6. The van der Waals surface area contributed by atoms with Gasteiger partial charge in [-0.1, -0.05) is 0 Å². The quantitative estimate of drug-likeness (QED) is 0.853. The van der Waals surface area contributed by atoms with Gasteiger partial charge in [-0.15, -0.1) is 0 Å². The van der Waals surface area contributed by atoms with Gasteiger partial charge in [0.25, 0.3) is 0 Å². The zero-order chi connectivity index (χ0) is 13.1. The van der Waals surface area contributed by atoms with Crippen molar-refractivity contribution in [3.05, 3.63) is 29.8 Å². The van der Waals surface area contributed by atoms with E-state index in [2.05, 4.69) is 10.6 Å². The molecule has 1 aromatic rings. The van der Waals surface area contributed by atoms with Crippen molar-refractivity contribution in [3.63, 3.8) is 0 Å². The van der Waals surface area contributed by atoms with Crippen LogP contribution in [0.15, 0.2) is 18.2 Å². The van der Waals surface area contributed by atoms with Crippen LogP contribution in [0.3, 0.4) is 0 Å². The van der Waals surface area contributed by atoms with Crippen LogP contribution in [-0.2, 0) is 4.79 Å². The first-order chi connectivity index (χ1) is 7.78. The molecule has 0 aliphatic carbocycles. The molecule has 5 heteroatoms. The number of nitrogens with one attached hydrogen (secondary N) is 2. The van der Waals surface area contributed by atoms with Crippen molar-refractivity contribution >= 4 is 11.6 Å². The fraction of sp³-hybridized carbons (Fsp3) is 0.417. The normalized spacial score (nSPS) is 11.4. The standard InChI is InChI=1S/C12H16F2N2O/c1-12(2,3)15-7-11(17)16-8-4-5-9(13)10(14)6-8/h4-6,15H,7H2,1-3H3,(H,16,17). The number of halogens is 2. The summed E-state index contributed by atoms with van der Waals surface area (Å²) in [7, 11) is 0. The Kier molecular flexibility index (Phi) is 4.17. The monoisotopic (exact) mass is 242 g/mol. The Morgan fingerprint density at radius 3 is 2.41 bits per heavy atom. The highest BCUT2D eigenvalue weighted by Crippen LogP contribution is 2.12. The van der Waals surface area contributed by atoms with Crippen LogP contribution in [0.2, 0.25) is 0 Å². The average Bonchev–Trinajstić information content (AvgIpc) is 2.20. The molecule has 94 valence electrons. The topological polar surface area (TPSA) is 41.1 Å². The van der Waals surface area contributed by atoms with Crippen molar-refractivity contribution < 1.29 is 13.6 Å². The van der Waals surface area contributed by atoms with Gasteiger partial charge in [0, 0.05) is 17.3 Å². The molecular formula is C12H16F2N2O. The molecule has 0 heterocycles. The van der Waals surface area contributed by atoms with E-state index in [1.54, 1.807) is 0 Å². The van der Waals surface area contributed by atoms with E-state index in [-0.39, 0.29) is 23.7 Å². The molecular weight excluding hydrogens is 226 g/mol. The Bertz CT molecular complexity index is 413. The number of amides is 1. The van der Waals surface area contributed by atoms with Gasteiger partial charge < -0.3 is 10.6 Å². The van der Waals surface area contributed by atoms with Crippen LogP contribution in [0.4, 0.5) is 14.5 Å². The Morgan fingerprint density at radius 1 is 1.24 bits per heavy atom. The number of benzene rings is 1. The lowest BCUT2D eigenvalue weighted by molar-refractivity contribution is -0.115. The zero-order valence-corrected chi connectivity index (χ0v) is 10.1. The summed E-state index contributed by atoms with van der Waals surface area (Å²) >= 11 is 0. The summed E-state index contributed by atoms with van der Waals surface area (Å²) in [5.41, 5.74) is 0.0652. The summed E-state index contributed by atoms with van der Waals surface area (Å²) in [5, 5.41) is 5.46. The van der Waals surface area contributed by atoms with Gasteiger partial charge in [0.05, 0.1) is 6.54 Å². The maximum Gasteiger partial charge on any atom is 0.238 e. The summed E-state index contributed by atoms with van der Waals surface area (Å²) in [5.74, 6) is -2.21. The molecule has 17 heavy (non-hydrogen) atoms. The van der Waals surface area contributed by atoms with Crippen molar-refractivity contribution in [1.82, 2.24) is 5.32 Å². The maximum atomic E-state index is 12.9. The van der Waals surface area contributed by atoms with Gasteiger partial charge in [0.1, 0.15) is 0 Å². The average molecular weight is 242 g/mol. The smallest absolute Gasteiger partial charge is 0.238 e. The van der Waals surface area contributed by atoms with E-state index < -0.39 is 11.6 Å². The van der Waals surface area contributed by atoms with Crippen LogP contribution in [0.1, 0.15) is 20.8 Å². The Hall–Kier alpha value is -1.49. The summed E-state index contributed by atoms with van der Waals surface area (Å²) < 4.78 is 25.5. The molecule has 0 aliphatic heterocycles. The Morgan fingerprint density at radius 2 is 1.88 bits per heavy atom. The van der Waals surface area contributed by atoms with E-state index in [1.807, 2.05) is 20.8 Å². The molecule has 1 amide bonds. The Balaban J connectivity index is 2.54. The van der Waals surface area contributed by atoms with Crippen molar-refractivity contribution in [3.8, 4) is 0 Å². The lowest BCUT2D eigenvalue weighted by Gasteiger charge is -2.20. The van der Waals surface area contributed by atoms with Gasteiger partial charge in [-0.05, 0) is 32.9 Å². The van der Waals surface area contributed by atoms with Gasteiger partial charge in [0.2, 0.25) is 5.91 Å².